The fraction of sp³-hybridized carbons (Fsp3) is 0.167. The van der Waals surface area contributed by atoms with E-state index in [1.54, 1.807) is 23.1 Å². The summed E-state index contributed by atoms with van der Waals surface area (Å²) in [6.07, 6.45) is 0.694. The molecule has 3 aromatic rings. The normalized spacial score (nSPS) is 10.5. The average Bonchev–Trinajstić information content (AvgIpc) is 2.77. The Balaban J connectivity index is 1.73. The van der Waals surface area contributed by atoms with Crippen molar-refractivity contribution < 1.29 is 14.0 Å². The molecule has 0 atom stereocenters. The predicted octanol–water partition coefficient (Wildman–Crippen LogP) is 4.07. The fourth-order valence-corrected chi connectivity index (χ4v) is 3.07. The van der Waals surface area contributed by atoms with Gasteiger partial charge in [0, 0.05) is 29.9 Å². The first kappa shape index (κ1) is 21.2. The Hall–Kier alpha value is -3.51. The molecule has 2 amide bonds. The van der Waals surface area contributed by atoms with Crippen molar-refractivity contribution in [3.05, 3.63) is 101 Å². The van der Waals surface area contributed by atoms with Gasteiger partial charge in [-0.05, 0) is 67.1 Å². The molecule has 0 bridgehead atoms. The standard InChI is InChI=1S/C24H24FN3O2/c25-21-12-10-19(11-13-21)23(29)27-22-9-4-6-18(16-22)17-28(15-5-14-26)24(30)20-7-2-1-3-8-20/h1-4,6-13,16H,5,14-15,17,26H2,(H,27,29). The van der Waals surface area contributed by atoms with Crippen LogP contribution in [0.2, 0.25) is 0 Å². The molecule has 154 valence electrons. The largest absolute Gasteiger partial charge is 0.334 e. The number of nitrogens with two attached hydrogens (primary N) is 1. The van der Waals surface area contributed by atoms with E-state index in [1.807, 2.05) is 36.4 Å². The number of carbonyl (C=O) groups is 2. The lowest BCUT2D eigenvalue weighted by Gasteiger charge is -2.23. The number of halogens is 1. The van der Waals surface area contributed by atoms with Crippen LogP contribution in [-0.4, -0.2) is 29.8 Å². The third-order valence-corrected chi connectivity index (χ3v) is 4.60. The van der Waals surface area contributed by atoms with E-state index in [9.17, 15) is 14.0 Å². The molecule has 0 aliphatic carbocycles. The van der Waals surface area contributed by atoms with E-state index in [2.05, 4.69) is 5.32 Å². The van der Waals surface area contributed by atoms with Gasteiger partial charge in [0.15, 0.2) is 0 Å². The third-order valence-electron chi connectivity index (χ3n) is 4.60. The van der Waals surface area contributed by atoms with Gasteiger partial charge in [-0.25, -0.2) is 4.39 Å². The lowest BCUT2D eigenvalue weighted by molar-refractivity contribution is 0.0742. The molecule has 6 heteroatoms. The molecule has 0 aliphatic heterocycles. The number of hydrogen-bond donors (Lipinski definition) is 2. The monoisotopic (exact) mass is 405 g/mol. The highest BCUT2D eigenvalue weighted by molar-refractivity contribution is 6.04. The van der Waals surface area contributed by atoms with E-state index in [0.717, 1.165) is 5.56 Å². The Kier molecular flexibility index (Phi) is 7.29. The van der Waals surface area contributed by atoms with Gasteiger partial charge in [0.05, 0.1) is 0 Å². The van der Waals surface area contributed by atoms with E-state index in [4.69, 9.17) is 5.73 Å². The zero-order valence-corrected chi connectivity index (χ0v) is 16.6. The zero-order valence-electron chi connectivity index (χ0n) is 16.6. The molecule has 0 saturated heterocycles. The summed E-state index contributed by atoms with van der Waals surface area (Å²) in [4.78, 5) is 27.0. The molecule has 3 N–H and O–H groups in total. The van der Waals surface area contributed by atoms with Crippen LogP contribution in [0.3, 0.4) is 0 Å². The molecular weight excluding hydrogens is 381 g/mol. The van der Waals surface area contributed by atoms with Crippen LogP contribution in [0.15, 0.2) is 78.9 Å². The molecule has 0 radical (unpaired) electrons. The lowest BCUT2D eigenvalue weighted by Crippen LogP contribution is -2.32. The van der Waals surface area contributed by atoms with Gasteiger partial charge in [-0.1, -0.05) is 30.3 Å². The maximum absolute atomic E-state index is 13.1. The minimum Gasteiger partial charge on any atom is -0.334 e. The van der Waals surface area contributed by atoms with Crippen molar-refractivity contribution in [2.24, 2.45) is 5.73 Å². The quantitative estimate of drug-likeness (QED) is 0.593. The van der Waals surface area contributed by atoms with Crippen LogP contribution in [0.5, 0.6) is 0 Å². The first-order valence-corrected chi connectivity index (χ1v) is 9.77. The summed E-state index contributed by atoms with van der Waals surface area (Å²) in [6.45, 7) is 1.43. The number of rotatable bonds is 8. The van der Waals surface area contributed by atoms with E-state index in [1.165, 1.54) is 24.3 Å². The molecule has 30 heavy (non-hydrogen) atoms. The molecule has 3 rings (SSSR count). The smallest absolute Gasteiger partial charge is 0.255 e. The van der Waals surface area contributed by atoms with Crippen molar-refractivity contribution in [3.8, 4) is 0 Å². The summed E-state index contributed by atoms with van der Waals surface area (Å²) in [5.74, 6) is -0.786. The van der Waals surface area contributed by atoms with Crippen LogP contribution < -0.4 is 11.1 Å². The molecule has 0 spiro atoms. The van der Waals surface area contributed by atoms with Crippen molar-refractivity contribution >= 4 is 17.5 Å². The van der Waals surface area contributed by atoms with Crippen LogP contribution >= 0.6 is 0 Å². The molecule has 0 fully saturated rings. The Labute approximate surface area is 175 Å². The second kappa shape index (κ2) is 10.3. The number of anilines is 1. The Bertz CT molecular complexity index is 991. The Morgan fingerprint density at radius 2 is 1.63 bits per heavy atom. The van der Waals surface area contributed by atoms with Gasteiger partial charge < -0.3 is 16.0 Å². The second-order valence-corrected chi connectivity index (χ2v) is 6.90. The third kappa shape index (κ3) is 5.75. The highest BCUT2D eigenvalue weighted by Gasteiger charge is 2.16. The molecule has 0 saturated carbocycles. The van der Waals surface area contributed by atoms with Crippen molar-refractivity contribution in [2.45, 2.75) is 13.0 Å². The van der Waals surface area contributed by atoms with E-state index in [0.29, 0.717) is 42.9 Å². The molecular formula is C24H24FN3O2. The van der Waals surface area contributed by atoms with Crippen molar-refractivity contribution in [2.75, 3.05) is 18.4 Å². The highest BCUT2D eigenvalue weighted by atomic mass is 19.1. The first-order chi connectivity index (χ1) is 14.6. The molecule has 0 aliphatic rings. The lowest BCUT2D eigenvalue weighted by atomic mass is 10.1. The number of hydrogen-bond acceptors (Lipinski definition) is 3. The fourth-order valence-electron chi connectivity index (χ4n) is 3.07. The van der Waals surface area contributed by atoms with Crippen LogP contribution in [-0.2, 0) is 6.54 Å². The van der Waals surface area contributed by atoms with Gasteiger partial charge in [-0.2, -0.15) is 0 Å². The van der Waals surface area contributed by atoms with Crippen LogP contribution in [0.1, 0.15) is 32.7 Å². The number of benzene rings is 3. The minimum absolute atomic E-state index is 0.0650. The van der Waals surface area contributed by atoms with Gasteiger partial charge in [0.1, 0.15) is 5.82 Å². The van der Waals surface area contributed by atoms with Crippen LogP contribution in [0.25, 0.3) is 0 Å². The summed E-state index contributed by atoms with van der Waals surface area (Å²) in [6, 6.07) is 21.8. The average molecular weight is 405 g/mol. The maximum atomic E-state index is 13.1. The van der Waals surface area contributed by atoms with Crippen molar-refractivity contribution in [3.63, 3.8) is 0 Å². The number of nitrogens with zero attached hydrogens (tertiary/aromatic N) is 1. The van der Waals surface area contributed by atoms with Crippen molar-refractivity contribution in [1.82, 2.24) is 4.90 Å². The predicted molar refractivity (Wildman–Crippen MR) is 116 cm³/mol. The van der Waals surface area contributed by atoms with E-state index < -0.39 is 5.82 Å². The molecule has 0 heterocycles. The van der Waals surface area contributed by atoms with E-state index >= 15 is 0 Å². The summed E-state index contributed by atoms with van der Waals surface area (Å²) in [7, 11) is 0. The zero-order chi connectivity index (χ0) is 21.3. The number of carbonyl (C=O) groups excluding carboxylic acids is 2. The van der Waals surface area contributed by atoms with Crippen LogP contribution in [0.4, 0.5) is 10.1 Å². The highest BCUT2D eigenvalue weighted by Crippen LogP contribution is 2.16. The van der Waals surface area contributed by atoms with Gasteiger partial charge in [0.2, 0.25) is 0 Å². The first-order valence-electron chi connectivity index (χ1n) is 9.77. The van der Waals surface area contributed by atoms with Gasteiger partial charge in [0.25, 0.3) is 11.8 Å². The maximum Gasteiger partial charge on any atom is 0.255 e. The molecule has 0 aromatic heterocycles. The van der Waals surface area contributed by atoms with Gasteiger partial charge in [-0.3, -0.25) is 9.59 Å². The molecule has 3 aromatic carbocycles. The van der Waals surface area contributed by atoms with E-state index in [-0.39, 0.29) is 11.8 Å². The van der Waals surface area contributed by atoms with Crippen LogP contribution in [0, 0.1) is 5.82 Å². The summed E-state index contributed by atoms with van der Waals surface area (Å²) >= 11 is 0. The SMILES string of the molecule is NCCCN(Cc1cccc(NC(=O)c2ccc(F)cc2)c1)C(=O)c1ccccc1. The second-order valence-electron chi connectivity index (χ2n) is 6.90. The minimum atomic E-state index is -0.394. The summed E-state index contributed by atoms with van der Waals surface area (Å²) < 4.78 is 13.1. The Morgan fingerprint density at radius 3 is 2.33 bits per heavy atom. The number of amides is 2. The summed E-state index contributed by atoms with van der Waals surface area (Å²) in [5, 5.41) is 2.81. The van der Waals surface area contributed by atoms with Gasteiger partial charge in [-0.15, -0.1) is 0 Å². The Morgan fingerprint density at radius 1 is 0.900 bits per heavy atom. The number of nitrogens with one attached hydrogen (secondary N) is 1. The summed E-state index contributed by atoms with van der Waals surface area (Å²) in [5.41, 5.74) is 8.12. The molecule has 5 nitrogen and oxygen atoms in total. The molecule has 0 unspecified atom stereocenters. The van der Waals surface area contributed by atoms with Gasteiger partial charge >= 0.3 is 0 Å². The topological polar surface area (TPSA) is 75.4 Å². The van der Waals surface area contributed by atoms with Crippen molar-refractivity contribution in [1.29, 1.82) is 0 Å².